The van der Waals surface area contributed by atoms with Crippen molar-refractivity contribution in [3.05, 3.63) is 21.3 Å². The van der Waals surface area contributed by atoms with Gasteiger partial charge in [-0.3, -0.25) is 0 Å². The molecule has 0 amide bonds. The third-order valence-corrected chi connectivity index (χ3v) is 2.07. The van der Waals surface area contributed by atoms with Crippen LogP contribution in [0.2, 0.25) is 0 Å². The predicted molar refractivity (Wildman–Crippen MR) is 48.3 cm³/mol. The third kappa shape index (κ3) is 2.96. The Morgan fingerprint density at radius 1 is 1.43 bits per heavy atom. The Hall–Kier alpha value is -0.600. The first-order valence-corrected chi connectivity index (χ1v) is 4.46. The first kappa shape index (κ1) is 11.5. The van der Waals surface area contributed by atoms with Crippen LogP contribution in [0.15, 0.2) is 6.07 Å². The van der Waals surface area contributed by atoms with Crippen LogP contribution < -0.4 is 4.74 Å². The van der Waals surface area contributed by atoms with Gasteiger partial charge in [-0.15, -0.1) is 13.2 Å². The number of nitrogens with zero attached hydrogens (tertiary/aromatic N) is 1. The molecule has 0 saturated heterocycles. The van der Waals surface area contributed by atoms with Crippen molar-refractivity contribution >= 4 is 22.6 Å². The van der Waals surface area contributed by atoms with Gasteiger partial charge in [0.2, 0.25) is 5.95 Å². The van der Waals surface area contributed by atoms with Crippen molar-refractivity contribution in [2.75, 3.05) is 0 Å². The monoisotopic (exact) mass is 321 g/mol. The second-order valence-electron chi connectivity index (χ2n) is 2.43. The lowest BCUT2D eigenvalue weighted by Gasteiger charge is -2.10. The Morgan fingerprint density at radius 2 is 2.00 bits per heavy atom. The van der Waals surface area contributed by atoms with Crippen molar-refractivity contribution in [2.45, 2.75) is 13.3 Å². The average Bonchev–Trinajstić information content (AvgIpc) is 1.97. The molecule has 0 bridgehead atoms. The molecule has 0 N–H and O–H groups in total. The highest BCUT2D eigenvalue weighted by molar-refractivity contribution is 14.1. The van der Waals surface area contributed by atoms with E-state index in [1.807, 2.05) is 0 Å². The van der Waals surface area contributed by atoms with E-state index in [9.17, 15) is 17.6 Å². The predicted octanol–water partition coefficient (Wildman–Crippen LogP) is 3.03. The Balaban J connectivity index is 3.04. The second-order valence-corrected chi connectivity index (χ2v) is 3.45. The largest absolute Gasteiger partial charge is 0.573 e. The first-order chi connectivity index (χ1) is 6.29. The van der Waals surface area contributed by atoms with E-state index in [1.165, 1.54) is 29.5 Å². The summed E-state index contributed by atoms with van der Waals surface area (Å²) in [6.07, 6.45) is -4.79. The second kappa shape index (κ2) is 3.87. The smallest absolute Gasteiger partial charge is 0.403 e. The molecule has 0 aliphatic heterocycles. The maximum atomic E-state index is 12.7. The van der Waals surface area contributed by atoms with E-state index < -0.39 is 18.1 Å². The zero-order valence-electron chi connectivity index (χ0n) is 6.82. The maximum absolute atomic E-state index is 12.7. The van der Waals surface area contributed by atoms with Crippen molar-refractivity contribution in [1.29, 1.82) is 0 Å². The molecule has 0 spiro atoms. The molecule has 1 aromatic heterocycles. The van der Waals surface area contributed by atoms with E-state index in [2.05, 4.69) is 9.72 Å². The van der Waals surface area contributed by atoms with Gasteiger partial charge in [-0.2, -0.15) is 4.39 Å². The molecule has 0 unspecified atom stereocenters. The van der Waals surface area contributed by atoms with Gasteiger partial charge in [0, 0.05) is 5.56 Å². The Morgan fingerprint density at radius 3 is 2.50 bits per heavy atom. The van der Waals surface area contributed by atoms with Crippen molar-refractivity contribution in [2.24, 2.45) is 0 Å². The summed E-state index contributed by atoms with van der Waals surface area (Å²) in [5.41, 5.74) is 0.00432. The number of aromatic nitrogens is 1. The number of alkyl halides is 3. The van der Waals surface area contributed by atoms with E-state index in [0.29, 0.717) is 0 Å². The zero-order valence-corrected chi connectivity index (χ0v) is 8.98. The highest BCUT2D eigenvalue weighted by atomic mass is 127. The van der Waals surface area contributed by atoms with E-state index in [-0.39, 0.29) is 9.26 Å². The number of halogens is 5. The van der Waals surface area contributed by atoms with Gasteiger partial charge < -0.3 is 4.74 Å². The van der Waals surface area contributed by atoms with Crippen LogP contribution in [0.1, 0.15) is 5.56 Å². The molecule has 7 heteroatoms. The number of ether oxygens (including phenoxy) is 1. The van der Waals surface area contributed by atoms with Crippen LogP contribution in [-0.4, -0.2) is 11.3 Å². The van der Waals surface area contributed by atoms with Crippen molar-refractivity contribution in [1.82, 2.24) is 4.98 Å². The van der Waals surface area contributed by atoms with Gasteiger partial charge in [0.1, 0.15) is 3.70 Å². The molecule has 0 saturated carbocycles. The summed E-state index contributed by atoms with van der Waals surface area (Å²) in [5.74, 6) is -1.29. The number of aryl methyl sites for hydroxylation is 1. The minimum absolute atomic E-state index is 0.00432. The summed E-state index contributed by atoms with van der Waals surface area (Å²) in [7, 11) is 0. The molecular formula is C7H4F4INO. The van der Waals surface area contributed by atoms with Gasteiger partial charge in [0.25, 0.3) is 0 Å². The summed E-state index contributed by atoms with van der Waals surface area (Å²) in [5, 5.41) is 0. The fourth-order valence-electron chi connectivity index (χ4n) is 0.741. The zero-order chi connectivity index (χ0) is 10.9. The highest BCUT2D eigenvalue weighted by Gasteiger charge is 2.32. The summed E-state index contributed by atoms with van der Waals surface area (Å²) < 4.78 is 51.6. The number of hydrogen-bond acceptors (Lipinski definition) is 2. The fraction of sp³-hybridized carbons (Fsp3) is 0.286. The lowest BCUT2D eigenvalue weighted by atomic mass is 10.3. The number of hydrogen-bond donors (Lipinski definition) is 0. The van der Waals surface area contributed by atoms with E-state index in [1.54, 1.807) is 0 Å². The molecule has 14 heavy (non-hydrogen) atoms. The molecule has 0 radical (unpaired) electrons. The normalized spacial score (nSPS) is 11.6. The Kier molecular flexibility index (Phi) is 3.17. The standard InChI is InChI=1S/C7H4F4INO/c1-3-2-4(14-7(9,10)11)6(12)13-5(3)8/h2H,1H3. The van der Waals surface area contributed by atoms with Gasteiger partial charge in [-0.25, -0.2) is 4.98 Å². The lowest BCUT2D eigenvalue weighted by Crippen LogP contribution is -2.18. The molecule has 0 atom stereocenters. The Labute approximate surface area is 90.4 Å². The SMILES string of the molecule is Cc1cc(OC(F)(F)F)c(I)nc1F. The molecular weight excluding hydrogens is 317 g/mol. The van der Waals surface area contributed by atoms with E-state index in [0.717, 1.165) is 6.07 Å². The highest BCUT2D eigenvalue weighted by Crippen LogP contribution is 2.27. The molecule has 1 rings (SSSR count). The van der Waals surface area contributed by atoms with Gasteiger partial charge >= 0.3 is 6.36 Å². The molecule has 1 heterocycles. The van der Waals surface area contributed by atoms with Crippen molar-refractivity contribution in [3.63, 3.8) is 0 Å². The summed E-state index contributed by atoms with van der Waals surface area (Å²) in [6.45, 7) is 1.31. The maximum Gasteiger partial charge on any atom is 0.573 e. The molecule has 1 aromatic rings. The van der Waals surface area contributed by atoms with Crippen LogP contribution in [0.4, 0.5) is 17.6 Å². The Bertz CT molecular complexity index is 352. The van der Waals surface area contributed by atoms with Crippen molar-refractivity contribution in [3.8, 4) is 5.75 Å². The summed E-state index contributed by atoms with van der Waals surface area (Å²) in [4.78, 5) is 3.25. The van der Waals surface area contributed by atoms with Crippen LogP contribution in [0.3, 0.4) is 0 Å². The molecule has 0 aliphatic carbocycles. The van der Waals surface area contributed by atoms with Gasteiger partial charge in [-0.05, 0) is 35.6 Å². The molecule has 0 fully saturated rings. The quantitative estimate of drug-likeness (QED) is 0.451. The van der Waals surface area contributed by atoms with Gasteiger partial charge in [0.05, 0.1) is 0 Å². The molecule has 0 aromatic carbocycles. The van der Waals surface area contributed by atoms with Crippen LogP contribution in [0.5, 0.6) is 5.75 Å². The number of rotatable bonds is 1. The fourth-order valence-corrected chi connectivity index (χ4v) is 1.22. The van der Waals surface area contributed by atoms with Crippen LogP contribution >= 0.6 is 22.6 Å². The number of pyridine rings is 1. The van der Waals surface area contributed by atoms with Gasteiger partial charge in [0.15, 0.2) is 5.75 Å². The van der Waals surface area contributed by atoms with E-state index in [4.69, 9.17) is 0 Å². The van der Waals surface area contributed by atoms with Crippen LogP contribution in [0.25, 0.3) is 0 Å². The molecule has 78 valence electrons. The minimum atomic E-state index is -4.79. The third-order valence-electron chi connectivity index (χ3n) is 1.30. The molecule has 2 nitrogen and oxygen atoms in total. The molecule has 0 aliphatic rings. The van der Waals surface area contributed by atoms with Gasteiger partial charge in [-0.1, -0.05) is 0 Å². The van der Waals surface area contributed by atoms with Crippen molar-refractivity contribution < 1.29 is 22.3 Å². The minimum Gasteiger partial charge on any atom is -0.403 e. The van der Waals surface area contributed by atoms with E-state index >= 15 is 0 Å². The summed E-state index contributed by atoms with van der Waals surface area (Å²) in [6, 6.07) is 0.956. The first-order valence-electron chi connectivity index (χ1n) is 3.38. The lowest BCUT2D eigenvalue weighted by molar-refractivity contribution is -0.275. The van der Waals surface area contributed by atoms with Crippen LogP contribution in [0, 0.1) is 16.6 Å². The topological polar surface area (TPSA) is 22.1 Å². The van der Waals surface area contributed by atoms with Crippen LogP contribution in [-0.2, 0) is 0 Å². The average molecular weight is 321 g/mol. The summed E-state index contributed by atoms with van der Waals surface area (Å²) >= 11 is 1.47.